The molecule has 0 atom stereocenters. The van der Waals surface area contributed by atoms with Crippen molar-refractivity contribution in [3.05, 3.63) is 71.8 Å². The van der Waals surface area contributed by atoms with Gasteiger partial charge in [-0.2, -0.15) is 10.4 Å². The predicted octanol–water partition coefficient (Wildman–Crippen LogP) is 3.13. The number of aromatic nitrogens is 2. The molecule has 0 radical (unpaired) electrons. The molecule has 0 spiro atoms. The Balaban J connectivity index is 1.92. The second-order valence-corrected chi connectivity index (χ2v) is 4.85. The fraction of sp³-hybridized carbons (Fsp3) is 0.0588. The first-order valence-corrected chi connectivity index (χ1v) is 6.90. The molecule has 22 heavy (non-hydrogen) atoms. The SMILES string of the molecule is N#Cc1c(Nc2ccccc2)nn(Cc2ccccc2)c1N. The van der Waals surface area contributed by atoms with Gasteiger partial charge < -0.3 is 11.1 Å². The second-order valence-electron chi connectivity index (χ2n) is 4.85. The predicted molar refractivity (Wildman–Crippen MR) is 86.6 cm³/mol. The van der Waals surface area contributed by atoms with Gasteiger partial charge in [-0.25, -0.2) is 4.68 Å². The highest BCUT2D eigenvalue weighted by Gasteiger charge is 2.15. The third-order valence-corrected chi connectivity index (χ3v) is 3.32. The van der Waals surface area contributed by atoms with E-state index in [0.717, 1.165) is 11.3 Å². The van der Waals surface area contributed by atoms with Crippen LogP contribution in [-0.2, 0) is 6.54 Å². The normalized spacial score (nSPS) is 10.1. The van der Waals surface area contributed by atoms with Crippen LogP contribution in [0.4, 0.5) is 17.3 Å². The van der Waals surface area contributed by atoms with Gasteiger partial charge in [-0.1, -0.05) is 48.5 Å². The van der Waals surface area contributed by atoms with E-state index in [1.165, 1.54) is 0 Å². The first kappa shape index (κ1) is 13.7. The molecular weight excluding hydrogens is 274 g/mol. The molecule has 0 saturated heterocycles. The van der Waals surface area contributed by atoms with Crippen LogP contribution in [0.25, 0.3) is 0 Å². The van der Waals surface area contributed by atoms with Crippen molar-refractivity contribution in [1.29, 1.82) is 5.26 Å². The van der Waals surface area contributed by atoms with Crippen molar-refractivity contribution in [2.45, 2.75) is 6.54 Å². The van der Waals surface area contributed by atoms with Gasteiger partial charge in [0.15, 0.2) is 5.82 Å². The van der Waals surface area contributed by atoms with Gasteiger partial charge in [0.2, 0.25) is 0 Å². The van der Waals surface area contributed by atoms with Gasteiger partial charge >= 0.3 is 0 Å². The van der Waals surface area contributed by atoms with Crippen LogP contribution < -0.4 is 11.1 Å². The monoisotopic (exact) mass is 289 g/mol. The third-order valence-electron chi connectivity index (χ3n) is 3.32. The summed E-state index contributed by atoms with van der Waals surface area (Å²) in [6.45, 7) is 0.526. The Kier molecular flexibility index (Phi) is 3.75. The van der Waals surface area contributed by atoms with Crippen molar-refractivity contribution >= 4 is 17.3 Å². The number of nitrogen functional groups attached to an aromatic ring is 1. The van der Waals surface area contributed by atoms with Gasteiger partial charge in [0.25, 0.3) is 0 Å². The largest absolute Gasteiger partial charge is 0.383 e. The fourth-order valence-electron chi connectivity index (χ4n) is 2.21. The lowest BCUT2D eigenvalue weighted by atomic mass is 10.2. The molecule has 5 heteroatoms. The summed E-state index contributed by atoms with van der Waals surface area (Å²) in [4.78, 5) is 0. The van der Waals surface area contributed by atoms with Crippen LogP contribution in [0.1, 0.15) is 11.1 Å². The summed E-state index contributed by atoms with van der Waals surface area (Å²) >= 11 is 0. The van der Waals surface area contributed by atoms with Crippen LogP contribution in [0, 0.1) is 11.3 Å². The summed E-state index contributed by atoms with van der Waals surface area (Å²) in [5, 5.41) is 16.9. The average molecular weight is 289 g/mol. The summed E-state index contributed by atoms with van der Waals surface area (Å²) in [6, 6.07) is 21.6. The maximum absolute atomic E-state index is 9.33. The molecule has 5 nitrogen and oxygen atoms in total. The number of hydrogen-bond acceptors (Lipinski definition) is 4. The minimum absolute atomic E-state index is 0.361. The van der Waals surface area contributed by atoms with Crippen LogP contribution in [-0.4, -0.2) is 9.78 Å². The molecule has 3 rings (SSSR count). The van der Waals surface area contributed by atoms with E-state index in [1.807, 2.05) is 60.7 Å². The molecule has 2 aromatic carbocycles. The number of anilines is 3. The zero-order valence-electron chi connectivity index (χ0n) is 11.9. The van der Waals surface area contributed by atoms with Crippen molar-refractivity contribution in [2.24, 2.45) is 0 Å². The maximum atomic E-state index is 9.33. The number of nitrogens with zero attached hydrogens (tertiary/aromatic N) is 3. The van der Waals surface area contributed by atoms with Crippen molar-refractivity contribution in [1.82, 2.24) is 9.78 Å². The van der Waals surface area contributed by atoms with Gasteiger partial charge in [0.05, 0.1) is 6.54 Å². The van der Waals surface area contributed by atoms with E-state index >= 15 is 0 Å². The maximum Gasteiger partial charge on any atom is 0.172 e. The summed E-state index contributed by atoms with van der Waals surface area (Å²) in [7, 11) is 0. The Labute approximate surface area is 128 Å². The zero-order chi connectivity index (χ0) is 15.4. The first-order chi connectivity index (χ1) is 10.8. The highest BCUT2D eigenvalue weighted by molar-refractivity contribution is 5.69. The molecule has 3 N–H and O–H groups in total. The summed E-state index contributed by atoms with van der Waals surface area (Å²) in [5.41, 5.74) is 8.36. The topological polar surface area (TPSA) is 79.7 Å². The van der Waals surface area contributed by atoms with Crippen molar-refractivity contribution in [3.8, 4) is 6.07 Å². The van der Waals surface area contributed by atoms with Crippen LogP contribution in [0.5, 0.6) is 0 Å². The molecule has 0 aliphatic carbocycles. The van der Waals surface area contributed by atoms with Gasteiger partial charge in [-0.3, -0.25) is 0 Å². The van der Waals surface area contributed by atoms with E-state index in [1.54, 1.807) is 4.68 Å². The van der Waals surface area contributed by atoms with Crippen molar-refractivity contribution in [3.63, 3.8) is 0 Å². The smallest absolute Gasteiger partial charge is 0.172 e. The third kappa shape index (κ3) is 2.76. The van der Waals surface area contributed by atoms with E-state index in [4.69, 9.17) is 5.73 Å². The lowest BCUT2D eigenvalue weighted by Gasteiger charge is -2.04. The molecule has 0 saturated carbocycles. The quantitative estimate of drug-likeness (QED) is 0.773. The summed E-state index contributed by atoms with van der Waals surface area (Å²) < 4.78 is 1.64. The van der Waals surface area contributed by atoms with Gasteiger partial charge in [0, 0.05) is 5.69 Å². The van der Waals surface area contributed by atoms with E-state index in [0.29, 0.717) is 23.7 Å². The van der Waals surface area contributed by atoms with E-state index in [9.17, 15) is 5.26 Å². The number of hydrogen-bond donors (Lipinski definition) is 2. The van der Waals surface area contributed by atoms with Gasteiger partial charge in [-0.15, -0.1) is 0 Å². The molecule has 1 aromatic heterocycles. The number of rotatable bonds is 4. The molecule has 3 aromatic rings. The molecule has 1 heterocycles. The summed E-state index contributed by atoms with van der Waals surface area (Å²) in [6.07, 6.45) is 0. The highest BCUT2D eigenvalue weighted by Crippen LogP contribution is 2.24. The molecule has 0 unspecified atom stereocenters. The molecule has 0 amide bonds. The Hall–Kier alpha value is -3.26. The lowest BCUT2D eigenvalue weighted by molar-refractivity contribution is 0.700. The lowest BCUT2D eigenvalue weighted by Crippen LogP contribution is -2.06. The molecule has 0 bridgehead atoms. The van der Waals surface area contributed by atoms with Gasteiger partial charge in [0.1, 0.15) is 17.5 Å². The highest BCUT2D eigenvalue weighted by atomic mass is 15.3. The number of benzene rings is 2. The number of nitriles is 1. The number of nitrogens with two attached hydrogens (primary N) is 1. The Morgan fingerprint density at radius 2 is 1.68 bits per heavy atom. The Morgan fingerprint density at radius 3 is 2.32 bits per heavy atom. The van der Waals surface area contributed by atoms with E-state index in [2.05, 4.69) is 16.5 Å². The molecule has 0 aliphatic rings. The van der Waals surface area contributed by atoms with E-state index in [-0.39, 0.29) is 0 Å². The fourth-order valence-corrected chi connectivity index (χ4v) is 2.21. The number of nitrogens with one attached hydrogen (secondary N) is 1. The van der Waals surface area contributed by atoms with Crippen molar-refractivity contribution in [2.75, 3.05) is 11.1 Å². The second kappa shape index (κ2) is 6.02. The zero-order valence-corrected chi connectivity index (χ0v) is 11.9. The molecule has 0 aliphatic heterocycles. The van der Waals surface area contributed by atoms with Crippen LogP contribution in [0.2, 0.25) is 0 Å². The minimum Gasteiger partial charge on any atom is -0.383 e. The van der Waals surface area contributed by atoms with E-state index < -0.39 is 0 Å². The van der Waals surface area contributed by atoms with Crippen LogP contribution in [0.15, 0.2) is 60.7 Å². The Morgan fingerprint density at radius 1 is 1.05 bits per heavy atom. The molecule has 0 fully saturated rings. The first-order valence-electron chi connectivity index (χ1n) is 6.90. The number of para-hydroxylation sites is 1. The average Bonchev–Trinajstić information content (AvgIpc) is 2.84. The van der Waals surface area contributed by atoms with Gasteiger partial charge in [-0.05, 0) is 17.7 Å². The standard InChI is InChI=1S/C17H15N5/c18-11-15-16(19)22(12-13-7-3-1-4-8-13)21-17(15)20-14-9-5-2-6-10-14/h1-10H,12,19H2,(H,20,21). The van der Waals surface area contributed by atoms with Crippen molar-refractivity contribution < 1.29 is 0 Å². The molecular formula is C17H15N5. The van der Waals surface area contributed by atoms with Crippen LogP contribution >= 0.6 is 0 Å². The van der Waals surface area contributed by atoms with Crippen LogP contribution in [0.3, 0.4) is 0 Å². The minimum atomic E-state index is 0.361. The molecule has 108 valence electrons. The Bertz CT molecular complexity index is 800. The summed E-state index contributed by atoms with van der Waals surface area (Å²) in [5.74, 6) is 0.840.